The molecular formula is C17H29NS. The molecule has 0 aromatic heterocycles. The number of thioether (sulfide) groups is 1. The van der Waals surface area contributed by atoms with Gasteiger partial charge < -0.3 is 5.32 Å². The normalized spacial score (nSPS) is 51.9. The molecule has 0 aromatic rings. The Hall–Kier alpha value is 0.310. The maximum atomic E-state index is 4.18. The molecule has 108 valence electrons. The zero-order valence-electron chi connectivity index (χ0n) is 12.3. The first kappa shape index (κ1) is 13.0. The van der Waals surface area contributed by atoms with Gasteiger partial charge in [0.1, 0.15) is 0 Å². The minimum absolute atomic E-state index is 0.840. The molecule has 5 fully saturated rings. The standard InChI is InChI=1S/C17H29NS/c1-2-19-16-5-3-4-15(16)18-17-13-7-11-6-12(9-13)10-14(17)8-11/h11-18H,2-10H2,1H3. The van der Waals surface area contributed by atoms with Crippen molar-refractivity contribution in [3.8, 4) is 0 Å². The zero-order chi connectivity index (χ0) is 12.8. The third-order valence-electron chi connectivity index (χ3n) is 6.47. The van der Waals surface area contributed by atoms with E-state index in [4.69, 9.17) is 0 Å². The van der Waals surface area contributed by atoms with E-state index in [1.165, 1.54) is 25.0 Å². The molecule has 5 rings (SSSR count). The molecule has 0 spiro atoms. The Bertz CT molecular complexity index is 301. The van der Waals surface area contributed by atoms with Crippen LogP contribution in [0.3, 0.4) is 0 Å². The molecule has 1 nitrogen and oxygen atoms in total. The molecule has 5 aliphatic carbocycles. The molecule has 5 saturated carbocycles. The number of rotatable bonds is 4. The Morgan fingerprint density at radius 1 is 0.947 bits per heavy atom. The smallest absolute Gasteiger partial charge is 0.0201 e. The van der Waals surface area contributed by atoms with Gasteiger partial charge in [-0.1, -0.05) is 13.3 Å². The Kier molecular flexibility index (Phi) is 3.60. The summed E-state index contributed by atoms with van der Waals surface area (Å²) < 4.78 is 0. The largest absolute Gasteiger partial charge is 0.310 e. The fourth-order valence-corrected chi connectivity index (χ4v) is 7.18. The lowest BCUT2D eigenvalue weighted by Gasteiger charge is -2.55. The van der Waals surface area contributed by atoms with Crippen LogP contribution in [-0.4, -0.2) is 23.1 Å². The second kappa shape index (κ2) is 5.26. The highest BCUT2D eigenvalue weighted by atomic mass is 32.2. The van der Waals surface area contributed by atoms with E-state index in [1.54, 1.807) is 32.1 Å². The molecule has 5 aliphatic rings. The lowest BCUT2D eigenvalue weighted by molar-refractivity contribution is -0.0172. The molecule has 0 amide bonds. The number of nitrogens with one attached hydrogen (secondary N) is 1. The van der Waals surface area contributed by atoms with Gasteiger partial charge in [-0.2, -0.15) is 11.8 Å². The molecule has 0 heterocycles. The van der Waals surface area contributed by atoms with E-state index in [1.807, 2.05) is 0 Å². The maximum absolute atomic E-state index is 4.18. The second-order valence-corrected chi connectivity index (χ2v) is 9.17. The van der Waals surface area contributed by atoms with Crippen molar-refractivity contribution in [1.29, 1.82) is 0 Å². The van der Waals surface area contributed by atoms with E-state index < -0.39 is 0 Å². The lowest BCUT2D eigenvalue weighted by Crippen LogP contribution is -2.57. The Balaban J connectivity index is 1.42. The van der Waals surface area contributed by atoms with E-state index >= 15 is 0 Å². The summed E-state index contributed by atoms with van der Waals surface area (Å²) in [4.78, 5) is 0. The van der Waals surface area contributed by atoms with E-state index in [0.717, 1.165) is 41.0 Å². The summed E-state index contributed by atoms with van der Waals surface area (Å²) in [6.45, 7) is 2.32. The Labute approximate surface area is 122 Å². The zero-order valence-corrected chi connectivity index (χ0v) is 13.1. The van der Waals surface area contributed by atoms with E-state index in [0.29, 0.717) is 0 Å². The van der Waals surface area contributed by atoms with Crippen LogP contribution in [0.1, 0.15) is 58.3 Å². The Morgan fingerprint density at radius 2 is 1.63 bits per heavy atom. The van der Waals surface area contributed by atoms with Crippen molar-refractivity contribution in [1.82, 2.24) is 5.32 Å². The van der Waals surface area contributed by atoms with Gasteiger partial charge in [-0.25, -0.2) is 0 Å². The van der Waals surface area contributed by atoms with Gasteiger partial charge in [0.2, 0.25) is 0 Å². The Morgan fingerprint density at radius 3 is 2.26 bits per heavy atom. The fraction of sp³-hybridized carbons (Fsp3) is 1.00. The van der Waals surface area contributed by atoms with Gasteiger partial charge in [-0.3, -0.25) is 0 Å². The average Bonchev–Trinajstić information content (AvgIpc) is 2.81. The molecular weight excluding hydrogens is 250 g/mol. The number of hydrogen-bond acceptors (Lipinski definition) is 2. The summed E-state index contributed by atoms with van der Waals surface area (Å²) in [6, 6.07) is 1.74. The predicted molar refractivity (Wildman–Crippen MR) is 83.5 cm³/mol. The average molecular weight is 279 g/mol. The van der Waals surface area contributed by atoms with E-state index in [2.05, 4.69) is 24.0 Å². The molecule has 2 heteroatoms. The van der Waals surface area contributed by atoms with Crippen molar-refractivity contribution in [2.24, 2.45) is 23.7 Å². The van der Waals surface area contributed by atoms with Crippen molar-refractivity contribution < 1.29 is 0 Å². The highest BCUT2D eigenvalue weighted by Crippen LogP contribution is 2.54. The first-order valence-corrected chi connectivity index (χ1v) is 9.76. The van der Waals surface area contributed by atoms with Crippen LogP contribution in [0, 0.1) is 23.7 Å². The summed E-state index contributed by atoms with van der Waals surface area (Å²) in [6.07, 6.45) is 12.2. The monoisotopic (exact) mass is 279 g/mol. The molecule has 1 N–H and O–H groups in total. The second-order valence-electron chi connectivity index (χ2n) is 7.65. The van der Waals surface area contributed by atoms with Gasteiger partial charge in [-0.05, 0) is 74.4 Å². The van der Waals surface area contributed by atoms with Crippen molar-refractivity contribution in [3.63, 3.8) is 0 Å². The summed E-state index contributed by atoms with van der Waals surface area (Å²) in [5, 5.41) is 5.09. The summed E-state index contributed by atoms with van der Waals surface area (Å²) >= 11 is 2.21. The predicted octanol–water partition coefficient (Wildman–Crippen LogP) is 4.07. The molecule has 2 atom stereocenters. The summed E-state index contributed by atoms with van der Waals surface area (Å²) in [5.41, 5.74) is 0. The summed E-state index contributed by atoms with van der Waals surface area (Å²) in [7, 11) is 0. The van der Waals surface area contributed by atoms with Gasteiger partial charge in [0.05, 0.1) is 0 Å². The minimum Gasteiger partial charge on any atom is -0.310 e. The van der Waals surface area contributed by atoms with Gasteiger partial charge in [0.25, 0.3) is 0 Å². The molecule has 0 saturated heterocycles. The molecule has 4 bridgehead atoms. The molecule has 19 heavy (non-hydrogen) atoms. The fourth-order valence-electron chi connectivity index (χ4n) is 5.97. The highest BCUT2D eigenvalue weighted by molar-refractivity contribution is 7.99. The number of hydrogen-bond donors (Lipinski definition) is 1. The topological polar surface area (TPSA) is 12.0 Å². The molecule has 0 aromatic carbocycles. The van der Waals surface area contributed by atoms with Crippen LogP contribution in [0.25, 0.3) is 0 Å². The summed E-state index contributed by atoms with van der Waals surface area (Å²) in [5.74, 6) is 5.62. The lowest BCUT2D eigenvalue weighted by atomic mass is 9.54. The minimum atomic E-state index is 0.840. The van der Waals surface area contributed by atoms with Crippen molar-refractivity contribution >= 4 is 11.8 Å². The quantitative estimate of drug-likeness (QED) is 0.832. The maximum Gasteiger partial charge on any atom is 0.0201 e. The van der Waals surface area contributed by atoms with E-state index in [9.17, 15) is 0 Å². The van der Waals surface area contributed by atoms with Crippen LogP contribution in [0.15, 0.2) is 0 Å². The molecule has 0 radical (unpaired) electrons. The first-order chi connectivity index (χ1) is 9.33. The molecule has 2 unspecified atom stereocenters. The van der Waals surface area contributed by atoms with Crippen molar-refractivity contribution in [2.45, 2.75) is 75.6 Å². The van der Waals surface area contributed by atoms with Crippen LogP contribution in [0.4, 0.5) is 0 Å². The van der Waals surface area contributed by atoms with Crippen LogP contribution in [0.5, 0.6) is 0 Å². The first-order valence-electron chi connectivity index (χ1n) is 8.71. The third-order valence-corrected chi connectivity index (χ3v) is 7.79. The van der Waals surface area contributed by atoms with Crippen LogP contribution < -0.4 is 5.32 Å². The van der Waals surface area contributed by atoms with E-state index in [-0.39, 0.29) is 0 Å². The van der Waals surface area contributed by atoms with Gasteiger partial charge in [0.15, 0.2) is 0 Å². The van der Waals surface area contributed by atoms with Gasteiger partial charge in [-0.15, -0.1) is 0 Å². The van der Waals surface area contributed by atoms with Crippen LogP contribution in [0.2, 0.25) is 0 Å². The SMILES string of the molecule is CCSC1CCCC1NC1C2CC3CC(C2)CC1C3. The highest BCUT2D eigenvalue weighted by Gasteiger charge is 2.49. The van der Waals surface area contributed by atoms with Crippen LogP contribution in [-0.2, 0) is 0 Å². The third kappa shape index (κ3) is 2.37. The van der Waals surface area contributed by atoms with Crippen LogP contribution >= 0.6 is 11.8 Å². The van der Waals surface area contributed by atoms with Crippen molar-refractivity contribution in [3.05, 3.63) is 0 Å². The molecule has 0 aliphatic heterocycles. The van der Waals surface area contributed by atoms with Gasteiger partial charge in [0, 0.05) is 17.3 Å². The van der Waals surface area contributed by atoms with Crippen molar-refractivity contribution in [2.75, 3.05) is 5.75 Å². The van der Waals surface area contributed by atoms with Gasteiger partial charge >= 0.3 is 0 Å².